The van der Waals surface area contributed by atoms with Crippen molar-refractivity contribution in [3.05, 3.63) is 24.3 Å². The number of carbonyl (C=O) groups is 1. The lowest BCUT2D eigenvalue weighted by molar-refractivity contribution is -0.132. The molecule has 2 N–H and O–H groups in total. The number of rotatable bonds is 5. The summed E-state index contributed by atoms with van der Waals surface area (Å²) >= 11 is 0. The molecule has 23 heavy (non-hydrogen) atoms. The number of carbonyl (C=O) groups excluding carboxylic acids is 1. The van der Waals surface area contributed by atoms with E-state index >= 15 is 0 Å². The number of nitrogens with one attached hydrogen (secondary N) is 1. The van der Waals surface area contributed by atoms with E-state index in [0.717, 1.165) is 4.31 Å². The number of amides is 1. The van der Waals surface area contributed by atoms with Crippen LogP contribution in [0, 0.1) is 0 Å². The Morgan fingerprint density at radius 3 is 2.52 bits per heavy atom. The first kappa shape index (κ1) is 17.2. The molecule has 1 saturated heterocycles. The molecule has 0 spiro atoms. The summed E-state index contributed by atoms with van der Waals surface area (Å²) in [5.41, 5.74) is 1.87. The zero-order valence-electron chi connectivity index (χ0n) is 12.6. The Bertz CT molecular complexity index is 701. The topological polar surface area (TPSA) is 118 Å². The second kappa shape index (κ2) is 6.94. The van der Waals surface area contributed by atoms with Crippen LogP contribution in [0.3, 0.4) is 0 Å². The highest BCUT2D eigenvalue weighted by Crippen LogP contribution is 2.26. The van der Waals surface area contributed by atoms with Gasteiger partial charge in [-0.2, -0.15) is 4.31 Å². The first-order valence-corrected chi connectivity index (χ1v) is 8.06. The Morgan fingerprint density at radius 1 is 1.35 bits per heavy atom. The maximum atomic E-state index is 12.7. The highest BCUT2D eigenvalue weighted by atomic mass is 32.2. The largest absolute Gasteiger partial charge is 0.497 e. The summed E-state index contributed by atoms with van der Waals surface area (Å²) in [6.45, 7) is -0.0969. The fourth-order valence-corrected chi connectivity index (χ4v) is 3.88. The number of hydroxylamine groups is 1. The maximum Gasteiger partial charge on any atom is 0.262 e. The lowest BCUT2D eigenvalue weighted by Crippen LogP contribution is -2.44. The van der Waals surface area contributed by atoms with Crippen LogP contribution in [0.25, 0.3) is 0 Å². The third-order valence-corrected chi connectivity index (χ3v) is 5.28. The molecule has 10 heteroatoms. The average Bonchev–Trinajstić information content (AvgIpc) is 2.99. The minimum Gasteiger partial charge on any atom is -0.497 e. The van der Waals surface area contributed by atoms with Crippen LogP contribution >= 0.6 is 0 Å². The molecule has 1 amide bonds. The highest BCUT2D eigenvalue weighted by Gasteiger charge is 2.42. The van der Waals surface area contributed by atoms with Gasteiger partial charge in [0.2, 0.25) is 10.0 Å². The molecule has 0 saturated carbocycles. The van der Waals surface area contributed by atoms with Crippen LogP contribution in [0.1, 0.15) is 6.42 Å². The Morgan fingerprint density at radius 2 is 2.00 bits per heavy atom. The highest BCUT2D eigenvalue weighted by molar-refractivity contribution is 7.89. The van der Waals surface area contributed by atoms with Crippen LogP contribution < -0.4 is 10.2 Å². The minimum absolute atomic E-state index is 0.00714. The van der Waals surface area contributed by atoms with Gasteiger partial charge in [0.15, 0.2) is 0 Å². The third-order valence-electron chi connectivity index (χ3n) is 3.41. The molecule has 0 aromatic heterocycles. The van der Waals surface area contributed by atoms with Crippen LogP contribution in [0.15, 0.2) is 34.3 Å². The fourth-order valence-electron chi connectivity index (χ4n) is 2.31. The molecule has 9 nitrogen and oxygen atoms in total. The summed E-state index contributed by atoms with van der Waals surface area (Å²) in [7, 11) is -1.15. The number of oxime groups is 1. The Labute approximate surface area is 133 Å². The van der Waals surface area contributed by atoms with Crippen molar-refractivity contribution in [2.45, 2.75) is 17.4 Å². The van der Waals surface area contributed by atoms with E-state index in [-0.39, 0.29) is 17.9 Å². The van der Waals surface area contributed by atoms with Gasteiger partial charge in [0.05, 0.1) is 24.3 Å². The molecular weight excluding hydrogens is 326 g/mol. The van der Waals surface area contributed by atoms with E-state index in [1.54, 1.807) is 0 Å². The molecule has 126 valence electrons. The number of sulfonamides is 1. The van der Waals surface area contributed by atoms with Crippen molar-refractivity contribution in [1.82, 2.24) is 9.79 Å². The normalized spacial score (nSPS) is 20.5. The number of benzene rings is 1. The molecule has 1 fully saturated rings. The van der Waals surface area contributed by atoms with Gasteiger partial charge in [0.25, 0.3) is 5.91 Å². The molecule has 1 aliphatic rings. The standard InChI is InChI=1S/C13H17N3O6S/c1-21-10-3-5-11(6-4-10)23(19,20)16-8-9(15-22-2)7-12(16)13(17)14-18/h3-6,12,18H,7-8H2,1-2H3,(H,14,17)/b15-9+/t12-/m1/s1. The summed E-state index contributed by atoms with van der Waals surface area (Å²) in [5, 5.41) is 12.5. The van der Waals surface area contributed by atoms with Crippen molar-refractivity contribution in [2.24, 2.45) is 5.16 Å². The number of hydrogen-bond acceptors (Lipinski definition) is 7. The second-order valence-corrected chi connectivity index (χ2v) is 6.65. The summed E-state index contributed by atoms with van der Waals surface area (Å²) in [6.07, 6.45) is 0.0373. The zero-order chi connectivity index (χ0) is 17.0. The van der Waals surface area contributed by atoms with Crippen molar-refractivity contribution in [1.29, 1.82) is 0 Å². The van der Waals surface area contributed by atoms with Crippen LogP contribution in [0.5, 0.6) is 5.75 Å². The Hall–Kier alpha value is -2.17. The van der Waals surface area contributed by atoms with E-state index in [0.29, 0.717) is 11.5 Å². The van der Waals surface area contributed by atoms with Gasteiger partial charge in [-0.3, -0.25) is 10.0 Å². The predicted molar refractivity (Wildman–Crippen MR) is 79.7 cm³/mol. The average molecular weight is 343 g/mol. The summed E-state index contributed by atoms with van der Waals surface area (Å²) in [5.74, 6) is -0.319. The molecule has 0 radical (unpaired) electrons. The number of methoxy groups -OCH3 is 1. The monoisotopic (exact) mass is 343 g/mol. The van der Waals surface area contributed by atoms with Gasteiger partial charge in [-0.15, -0.1) is 0 Å². The molecule has 1 atom stereocenters. The van der Waals surface area contributed by atoms with Gasteiger partial charge in [0, 0.05) is 6.42 Å². The minimum atomic E-state index is -3.95. The van der Waals surface area contributed by atoms with Crippen LogP contribution in [0.4, 0.5) is 0 Å². The number of ether oxygens (including phenoxy) is 1. The molecular formula is C13H17N3O6S. The SMILES string of the molecule is CO/N=C1\C[C@H](C(=O)NO)N(S(=O)(=O)c2ccc(OC)cc2)C1. The molecule has 1 aromatic carbocycles. The molecule has 0 bridgehead atoms. The van der Waals surface area contributed by atoms with E-state index in [4.69, 9.17) is 9.94 Å². The molecule has 0 unspecified atom stereocenters. The van der Waals surface area contributed by atoms with Gasteiger partial charge in [-0.1, -0.05) is 5.16 Å². The lowest BCUT2D eigenvalue weighted by Gasteiger charge is -2.21. The summed E-state index contributed by atoms with van der Waals surface area (Å²) in [4.78, 5) is 16.4. The number of nitrogens with zero attached hydrogens (tertiary/aromatic N) is 2. The van der Waals surface area contributed by atoms with Crippen LogP contribution in [-0.4, -0.2) is 56.4 Å². The van der Waals surface area contributed by atoms with Crippen molar-refractivity contribution in [3.63, 3.8) is 0 Å². The molecule has 1 heterocycles. The number of hydrogen-bond donors (Lipinski definition) is 2. The predicted octanol–water partition coefficient (Wildman–Crippen LogP) is -0.0340. The zero-order valence-corrected chi connectivity index (χ0v) is 13.4. The van der Waals surface area contributed by atoms with Crippen molar-refractivity contribution < 1.29 is 28.0 Å². The molecule has 2 rings (SSSR count). The lowest BCUT2D eigenvalue weighted by atomic mass is 10.2. The van der Waals surface area contributed by atoms with Crippen molar-refractivity contribution >= 4 is 21.6 Å². The van der Waals surface area contributed by atoms with E-state index in [9.17, 15) is 13.2 Å². The fraction of sp³-hybridized carbons (Fsp3) is 0.385. The van der Waals surface area contributed by atoms with E-state index in [1.165, 1.54) is 44.0 Å². The van der Waals surface area contributed by atoms with Gasteiger partial charge in [-0.05, 0) is 24.3 Å². The van der Waals surface area contributed by atoms with Gasteiger partial charge in [0.1, 0.15) is 18.9 Å². The van der Waals surface area contributed by atoms with Crippen molar-refractivity contribution in [3.8, 4) is 5.75 Å². The van der Waals surface area contributed by atoms with E-state index < -0.39 is 22.0 Å². The first-order chi connectivity index (χ1) is 10.9. The van der Waals surface area contributed by atoms with Gasteiger partial charge in [-0.25, -0.2) is 13.9 Å². The Kier molecular flexibility index (Phi) is 5.19. The summed E-state index contributed by atoms with van der Waals surface area (Å²) < 4.78 is 31.4. The smallest absolute Gasteiger partial charge is 0.262 e. The van der Waals surface area contributed by atoms with Gasteiger partial charge >= 0.3 is 0 Å². The Balaban J connectivity index is 2.38. The second-order valence-electron chi connectivity index (χ2n) is 4.76. The van der Waals surface area contributed by atoms with E-state index in [2.05, 4.69) is 9.99 Å². The van der Waals surface area contributed by atoms with E-state index in [1.807, 2.05) is 0 Å². The van der Waals surface area contributed by atoms with Crippen LogP contribution in [0.2, 0.25) is 0 Å². The third kappa shape index (κ3) is 3.44. The first-order valence-electron chi connectivity index (χ1n) is 6.62. The van der Waals surface area contributed by atoms with Gasteiger partial charge < -0.3 is 9.57 Å². The summed E-state index contributed by atoms with van der Waals surface area (Å²) in [6, 6.07) is 4.68. The molecule has 1 aromatic rings. The van der Waals surface area contributed by atoms with Crippen molar-refractivity contribution in [2.75, 3.05) is 20.8 Å². The quantitative estimate of drug-likeness (QED) is 0.572. The maximum absolute atomic E-state index is 12.7. The molecule has 1 aliphatic heterocycles. The van der Waals surface area contributed by atoms with Crippen LogP contribution in [-0.2, 0) is 19.7 Å². The molecule has 0 aliphatic carbocycles.